The first-order valence-corrected chi connectivity index (χ1v) is 7.71. The molecule has 0 aliphatic rings. The third-order valence-electron chi connectivity index (χ3n) is 2.26. The first-order chi connectivity index (χ1) is 6.22. The Morgan fingerprint density at radius 2 is 2.15 bits per heavy atom. The Hall–Kier alpha value is 0.0296. The van der Waals surface area contributed by atoms with E-state index < -0.39 is 0 Å². The quantitative estimate of drug-likeness (QED) is 0.441. The van der Waals surface area contributed by atoms with Crippen molar-refractivity contribution < 1.29 is 4.57 Å². The first kappa shape index (κ1) is 9.58. The van der Waals surface area contributed by atoms with Crippen LogP contribution < -0.4 is 4.57 Å². The molecule has 0 aliphatic heterocycles. The van der Waals surface area contributed by atoms with Gasteiger partial charge in [0.1, 0.15) is 0 Å². The fraction of sp³-hybridized carbons (Fsp3) is 0.300. The zero-order valence-corrected chi connectivity index (χ0v) is 11.1. The summed E-state index contributed by atoms with van der Waals surface area (Å²) < 4.78 is 5.50. The Labute approximate surface area is 92.4 Å². The van der Waals surface area contributed by atoms with E-state index in [0.29, 0.717) is 0 Å². The van der Waals surface area contributed by atoms with Crippen LogP contribution in [0.15, 0.2) is 23.1 Å². The molecule has 0 atom stereocenters. The topological polar surface area (TPSA) is 3.88 Å². The monoisotopic (exact) mass is 308 g/mol. The number of aromatic nitrogens is 1. The van der Waals surface area contributed by atoms with Gasteiger partial charge in [0.25, 0.3) is 0 Å². The van der Waals surface area contributed by atoms with Gasteiger partial charge in [-0.05, 0) is 0 Å². The second-order valence-electron chi connectivity index (χ2n) is 3.01. The number of thioether (sulfide) groups is 1. The summed E-state index contributed by atoms with van der Waals surface area (Å²) in [5.41, 5.74) is 1.44. The predicted molar refractivity (Wildman–Crippen MR) is 58.6 cm³/mol. The van der Waals surface area contributed by atoms with Gasteiger partial charge in [0.15, 0.2) is 0 Å². The van der Waals surface area contributed by atoms with Gasteiger partial charge in [-0.25, -0.2) is 0 Å². The second kappa shape index (κ2) is 3.65. The van der Waals surface area contributed by atoms with Crippen LogP contribution in [0.25, 0.3) is 8.92 Å². The zero-order chi connectivity index (χ0) is 9.42. The van der Waals surface area contributed by atoms with Crippen molar-refractivity contribution in [3.63, 3.8) is 0 Å². The van der Waals surface area contributed by atoms with Crippen LogP contribution in [0.2, 0.25) is 0 Å². The third kappa shape index (κ3) is 1.66. The van der Waals surface area contributed by atoms with Crippen molar-refractivity contribution in [1.29, 1.82) is 0 Å². The van der Waals surface area contributed by atoms with Crippen molar-refractivity contribution in [2.45, 2.75) is 11.8 Å². The normalized spacial score (nSPS) is 11.0. The van der Waals surface area contributed by atoms with Crippen LogP contribution in [0.1, 0.15) is 3.71 Å². The first-order valence-electron chi connectivity index (χ1n) is 4.15. The third-order valence-corrected chi connectivity index (χ3v) is 6.22. The molecule has 1 heterocycles. The van der Waals surface area contributed by atoms with Crippen LogP contribution in [-0.4, -0.2) is 26.7 Å². The van der Waals surface area contributed by atoms with Crippen molar-refractivity contribution in [2.24, 2.45) is 7.05 Å². The summed E-state index contributed by atoms with van der Waals surface area (Å²) in [5, 5.41) is 0. The number of hydrogen-bond donors (Lipinski definition) is 0. The number of rotatable bonds is 1. The van der Waals surface area contributed by atoms with E-state index in [1.807, 2.05) is 11.8 Å². The number of aryl methyl sites for hydroxylation is 2. The predicted octanol–water partition coefficient (Wildman–Crippen LogP) is 1.75. The molecule has 0 N–H and O–H groups in total. The van der Waals surface area contributed by atoms with Gasteiger partial charge in [0.2, 0.25) is 0 Å². The Balaban J connectivity index is 2.75. The molecular formula is C10H12NSTe+. The van der Waals surface area contributed by atoms with Gasteiger partial charge in [-0.3, -0.25) is 0 Å². The van der Waals surface area contributed by atoms with Crippen LogP contribution in [0.3, 0.4) is 0 Å². The molecule has 68 valence electrons. The van der Waals surface area contributed by atoms with Gasteiger partial charge >= 0.3 is 92.7 Å². The summed E-state index contributed by atoms with van der Waals surface area (Å²) in [6, 6.07) is 6.85. The van der Waals surface area contributed by atoms with Crippen LogP contribution in [0.4, 0.5) is 0 Å². The number of benzene rings is 1. The Kier molecular flexibility index (Phi) is 2.69. The molecule has 13 heavy (non-hydrogen) atoms. The van der Waals surface area contributed by atoms with Crippen molar-refractivity contribution >= 4 is 41.1 Å². The van der Waals surface area contributed by atoms with E-state index in [0.717, 1.165) is 0 Å². The molecule has 3 heteroatoms. The van der Waals surface area contributed by atoms with Gasteiger partial charge < -0.3 is 0 Å². The molecule has 1 nitrogen and oxygen atoms in total. The molecule has 0 saturated heterocycles. The molecule has 1 aromatic heterocycles. The van der Waals surface area contributed by atoms with Gasteiger partial charge in [0.05, 0.1) is 0 Å². The van der Waals surface area contributed by atoms with E-state index in [1.165, 1.54) is 10.4 Å². The van der Waals surface area contributed by atoms with E-state index in [2.05, 4.69) is 43.0 Å². The van der Waals surface area contributed by atoms with Crippen molar-refractivity contribution in [1.82, 2.24) is 0 Å². The van der Waals surface area contributed by atoms with E-state index in [9.17, 15) is 0 Å². The maximum atomic E-state index is 2.34. The number of hydrogen-bond acceptors (Lipinski definition) is 1. The molecule has 2 rings (SSSR count). The fourth-order valence-corrected chi connectivity index (χ4v) is 4.63. The van der Waals surface area contributed by atoms with E-state index in [4.69, 9.17) is 0 Å². The van der Waals surface area contributed by atoms with E-state index >= 15 is 0 Å². The molecule has 1 aromatic carbocycles. The average molecular weight is 306 g/mol. The second-order valence-corrected chi connectivity index (χ2v) is 7.42. The molecule has 0 amide bonds. The molecule has 0 unspecified atom stereocenters. The molecule has 0 radical (unpaired) electrons. The molecule has 0 fully saturated rings. The molecule has 0 spiro atoms. The molecule has 0 aliphatic carbocycles. The molecule has 0 bridgehead atoms. The average Bonchev–Trinajstić information content (AvgIpc) is 2.43. The minimum atomic E-state index is -0.0429. The maximum absolute atomic E-state index is 2.34. The van der Waals surface area contributed by atoms with Gasteiger partial charge in [-0.15, -0.1) is 0 Å². The zero-order valence-electron chi connectivity index (χ0n) is 8.00. The Morgan fingerprint density at radius 3 is 2.85 bits per heavy atom. The minimum absolute atomic E-state index is 0.0429. The summed E-state index contributed by atoms with van der Waals surface area (Å²) in [7, 11) is 2.18. The van der Waals surface area contributed by atoms with Crippen molar-refractivity contribution in [2.75, 3.05) is 6.26 Å². The number of nitrogens with zero attached hydrogens (tertiary/aromatic N) is 1. The molecular weight excluding hydrogens is 294 g/mol. The molecule has 2 aromatic rings. The van der Waals surface area contributed by atoms with E-state index in [1.54, 1.807) is 7.11 Å². The van der Waals surface area contributed by atoms with Crippen molar-refractivity contribution in [3.8, 4) is 0 Å². The van der Waals surface area contributed by atoms with Crippen LogP contribution in [0, 0.1) is 6.92 Å². The molecule has 0 saturated carbocycles. The summed E-state index contributed by atoms with van der Waals surface area (Å²) in [4.78, 5) is 1.37. The summed E-state index contributed by atoms with van der Waals surface area (Å²) in [6.07, 6.45) is 2.13. The van der Waals surface area contributed by atoms with Gasteiger partial charge in [-0.2, -0.15) is 0 Å². The van der Waals surface area contributed by atoms with Gasteiger partial charge in [0, 0.05) is 0 Å². The Bertz CT molecular complexity index is 447. The summed E-state index contributed by atoms with van der Waals surface area (Å²) in [5.74, 6) is 0. The summed E-state index contributed by atoms with van der Waals surface area (Å²) >= 11 is 1.77. The SMILES string of the molecule is CSc1ccc2[te]c(C)[n+](C)c2c1. The standard InChI is InChI=1S/C10H12NSTe/c1-7-11(2)9-6-8(12-3)4-5-10(9)13-7/h4-6H,1-3H3/q+1. The van der Waals surface area contributed by atoms with Gasteiger partial charge in [-0.1, -0.05) is 0 Å². The Morgan fingerprint density at radius 1 is 1.38 bits per heavy atom. The fourth-order valence-electron chi connectivity index (χ4n) is 1.37. The summed E-state index contributed by atoms with van der Waals surface area (Å²) in [6.45, 7) is 2.25. The van der Waals surface area contributed by atoms with Crippen molar-refractivity contribution in [3.05, 3.63) is 21.9 Å². The van der Waals surface area contributed by atoms with Crippen LogP contribution in [0.5, 0.6) is 0 Å². The van der Waals surface area contributed by atoms with Crippen LogP contribution >= 0.6 is 11.8 Å². The number of fused-ring (bicyclic) bond motifs is 1. The van der Waals surface area contributed by atoms with E-state index in [-0.39, 0.29) is 20.4 Å². The van der Waals surface area contributed by atoms with Crippen LogP contribution in [-0.2, 0) is 7.05 Å².